The highest BCUT2D eigenvalue weighted by molar-refractivity contribution is 9.10. The third-order valence-corrected chi connectivity index (χ3v) is 3.48. The summed E-state index contributed by atoms with van der Waals surface area (Å²) in [4.78, 5) is 34.6. The van der Waals surface area contributed by atoms with Gasteiger partial charge in [0.05, 0.1) is 10.7 Å². The summed E-state index contributed by atoms with van der Waals surface area (Å²) < 4.78 is 15.6. The number of esters is 1. The molecule has 1 aromatic heterocycles. The zero-order chi connectivity index (χ0) is 18.2. The van der Waals surface area contributed by atoms with Gasteiger partial charge in [-0.1, -0.05) is 6.07 Å². The maximum Gasteiger partial charge on any atom is 0.344 e. The Bertz CT molecular complexity index is 760. The predicted octanol–water partition coefficient (Wildman–Crippen LogP) is 1.73. The highest BCUT2D eigenvalue weighted by Gasteiger charge is 2.12. The van der Waals surface area contributed by atoms with Crippen molar-refractivity contribution in [3.05, 3.63) is 52.4 Å². The monoisotopic (exact) mass is 410 g/mol. The number of furan rings is 1. The molecular formula is C16H15BrN2O6. The van der Waals surface area contributed by atoms with Gasteiger partial charge < -0.3 is 13.9 Å². The van der Waals surface area contributed by atoms with Crippen LogP contribution >= 0.6 is 15.9 Å². The Morgan fingerprint density at radius 1 is 1.16 bits per heavy atom. The lowest BCUT2D eigenvalue weighted by atomic mass is 10.2. The van der Waals surface area contributed by atoms with Crippen LogP contribution in [0.2, 0.25) is 0 Å². The third kappa shape index (κ3) is 5.96. The van der Waals surface area contributed by atoms with Crippen molar-refractivity contribution in [2.45, 2.75) is 6.92 Å². The van der Waals surface area contributed by atoms with Crippen LogP contribution in [0.3, 0.4) is 0 Å². The molecule has 1 aromatic carbocycles. The van der Waals surface area contributed by atoms with E-state index >= 15 is 0 Å². The van der Waals surface area contributed by atoms with Crippen LogP contribution in [0.4, 0.5) is 0 Å². The number of rotatable bonds is 6. The highest BCUT2D eigenvalue weighted by atomic mass is 79.9. The lowest BCUT2D eigenvalue weighted by molar-refractivity contribution is -0.150. The minimum Gasteiger partial charge on any atom is -0.481 e. The minimum atomic E-state index is -0.722. The van der Waals surface area contributed by atoms with Gasteiger partial charge >= 0.3 is 11.9 Å². The fraction of sp³-hybridized carbons (Fsp3) is 0.188. The molecule has 8 nitrogen and oxygen atoms in total. The van der Waals surface area contributed by atoms with Crippen molar-refractivity contribution >= 4 is 33.7 Å². The SMILES string of the molecule is Cc1ccc(OCC(=O)OCC(=O)NNC(=O)c2ccco2)c(Br)c1. The van der Waals surface area contributed by atoms with E-state index < -0.39 is 24.4 Å². The number of hydrogen-bond acceptors (Lipinski definition) is 6. The van der Waals surface area contributed by atoms with Crippen LogP contribution in [0, 0.1) is 6.92 Å². The number of aryl methyl sites for hydroxylation is 1. The van der Waals surface area contributed by atoms with Crippen LogP contribution in [0.1, 0.15) is 16.1 Å². The molecule has 2 aromatic rings. The molecule has 0 fully saturated rings. The summed E-state index contributed by atoms with van der Waals surface area (Å²) >= 11 is 3.32. The van der Waals surface area contributed by atoms with Crippen LogP contribution in [0.5, 0.6) is 5.75 Å². The molecule has 132 valence electrons. The van der Waals surface area contributed by atoms with Crippen LogP contribution < -0.4 is 15.6 Å². The van der Waals surface area contributed by atoms with Gasteiger partial charge in [-0.15, -0.1) is 0 Å². The number of ether oxygens (including phenoxy) is 2. The number of benzene rings is 1. The molecular weight excluding hydrogens is 396 g/mol. The van der Waals surface area contributed by atoms with Crippen LogP contribution in [-0.2, 0) is 14.3 Å². The lowest BCUT2D eigenvalue weighted by Crippen LogP contribution is -2.43. The van der Waals surface area contributed by atoms with Gasteiger partial charge in [0.25, 0.3) is 5.91 Å². The number of hydrazine groups is 1. The predicted molar refractivity (Wildman–Crippen MR) is 89.6 cm³/mol. The summed E-state index contributed by atoms with van der Waals surface area (Å²) in [6, 6.07) is 8.35. The molecule has 0 spiro atoms. The average molecular weight is 411 g/mol. The molecule has 1 heterocycles. The Balaban J connectivity index is 1.67. The van der Waals surface area contributed by atoms with E-state index in [0.29, 0.717) is 10.2 Å². The van der Waals surface area contributed by atoms with Crippen LogP contribution in [0.25, 0.3) is 0 Å². The normalized spacial score (nSPS) is 10.0. The maximum atomic E-state index is 11.6. The summed E-state index contributed by atoms with van der Waals surface area (Å²) in [6.45, 7) is 1.01. The zero-order valence-corrected chi connectivity index (χ0v) is 14.8. The number of amides is 2. The summed E-state index contributed by atoms with van der Waals surface area (Å²) in [5, 5.41) is 0. The van der Waals surface area contributed by atoms with Gasteiger partial charge in [0.15, 0.2) is 19.0 Å². The number of carbonyl (C=O) groups is 3. The third-order valence-electron chi connectivity index (χ3n) is 2.86. The average Bonchev–Trinajstić information content (AvgIpc) is 3.11. The Hall–Kier alpha value is -2.81. The molecule has 2 amide bonds. The summed E-state index contributed by atoms with van der Waals surface area (Å²) in [5.41, 5.74) is 5.25. The van der Waals surface area contributed by atoms with Crippen molar-refractivity contribution in [3.63, 3.8) is 0 Å². The number of halogens is 1. The Morgan fingerprint density at radius 2 is 1.96 bits per heavy atom. The number of carbonyl (C=O) groups excluding carboxylic acids is 3. The molecule has 0 aliphatic heterocycles. The van der Waals surface area contributed by atoms with E-state index in [2.05, 4.69) is 26.8 Å². The zero-order valence-electron chi connectivity index (χ0n) is 13.2. The van der Waals surface area contributed by atoms with Crippen molar-refractivity contribution < 1.29 is 28.3 Å². The van der Waals surface area contributed by atoms with Gasteiger partial charge in [-0.05, 0) is 52.7 Å². The van der Waals surface area contributed by atoms with E-state index in [0.717, 1.165) is 5.56 Å². The smallest absolute Gasteiger partial charge is 0.344 e. The second-order valence-corrected chi connectivity index (χ2v) is 5.72. The first-order valence-electron chi connectivity index (χ1n) is 7.13. The minimum absolute atomic E-state index is 0.0365. The van der Waals surface area contributed by atoms with Crippen molar-refractivity contribution in [2.75, 3.05) is 13.2 Å². The molecule has 2 rings (SSSR count). The van der Waals surface area contributed by atoms with Crippen molar-refractivity contribution in [3.8, 4) is 5.75 Å². The fourth-order valence-electron chi connectivity index (χ4n) is 1.68. The van der Waals surface area contributed by atoms with Gasteiger partial charge in [-0.3, -0.25) is 20.4 Å². The quantitative estimate of drug-likeness (QED) is 0.554. The van der Waals surface area contributed by atoms with E-state index in [4.69, 9.17) is 13.9 Å². The Morgan fingerprint density at radius 3 is 2.64 bits per heavy atom. The second-order valence-electron chi connectivity index (χ2n) is 4.86. The topological polar surface area (TPSA) is 107 Å². The van der Waals surface area contributed by atoms with E-state index in [1.807, 2.05) is 19.1 Å². The molecule has 25 heavy (non-hydrogen) atoms. The highest BCUT2D eigenvalue weighted by Crippen LogP contribution is 2.25. The second kappa shape index (κ2) is 8.88. The van der Waals surface area contributed by atoms with Crippen LogP contribution in [0.15, 0.2) is 45.5 Å². The fourth-order valence-corrected chi connectivity index (χ4v) is 2.29. The van der Waals surface area contributed by atoms with E-state index in [9.17, 15) is 14.4 Å². The largest absolute Gasteiger partial charge is 0.481 e. The lowest BCUT2D eigenvalue weighted by Gasteiger charge is -2.09. The summed E-state index contributed by atoms with van der Waals surface area (Å²) in [7, 11) is 0. The number of hydrogen-bond donors (Lipinski definition) is 2. The van der Waals surface area contributed by atoms with Crippen molar-refractivity contribution in [2.24, 2.45) is 0 Å². The maximum absolute atomic E-state index is 11.6. The molecule has 0 saturated heterocycles. The molecule has 0 radical (unpaired) electrons. The molecule has 9 heteroatoms. The molecule has 0 atom stereocenters. The Labute approximate surface area is 151 Å². The first-order chi connectivity index (χ1) is 12.0. The molecule has 0 unspecified atom stereocenters. The standard InChI is InChI=1S/C16H15BrN2O6/c1-10-4-5-12(11(17)7-10)24-9-15(21)25-8-14(20)18-19-16(22)13-3-2-6-23-13/h2-7H,8-9H2,1H3,(H,18,20)(H,19,22). The summed E-state index contributed by atoms with van der Waals surface area (Å²) in [5.74, 6) is -1.53. The molecule has 0 aliphatic carbocycles. The van der Waals surface area contributed by atoms with E-state index in [1.54, 1.807) is 6.07 Å². The first kappa shape index (κ1) is 18.5. The molecule has 0 saturated carbocycles. The number of nitrogens with one attached hydrogen (secondary N) is 2. The molecule has 2 N–H and O–H groups in total. The van der Waals surface area contributed by atoms with Crippen molar-refractivity contribution in [1.29, 1.82) is 0 Å². The molecule has 0 bridgehead atoms. The van der Waals surface area contributed by atoms with Crippen LogP contribution in [-0.4, -0.2) is 31.0 Å². The Kier molecular flexibility index (Phi) is 6.58. The first-order valence-corrected chi connectivity index (χ1v) is 7.92. The van der Waals surface area contributed by atoms with Gasteiger partial charge in [0, 0.05) is 0 Å². The van der Waals surface area contributed by atoms with Crippen molar-refractivity contribution in [1.82, 2.24) is 10.9 Å². The summed E-state index contributed by atoms with van der Waals surface area (Å²) in [6.07, 6.45) is 1.32. The van der Waals surface area contributed by atoms with E-state index in [-0.39, 0.29) is 12.4 Å². The molecule has 0 aliphatic rings. The van der Waals surface area contributed by atoms with E-state index in [1.165, 1.54) is 18.4 Å². The van der Waals surface area contributed by atoms with Gasteiger partial charge in [-0.2, -0.15) is 0 Å². The van der Waals surface area contributed by atoms with Gasteiger partial charge in [0.1, 0.15) is 5.75 Å². The van der Waals surface area contributed by atoms with Gasteiger partial charge in [0.2, 0.25) is 0 Å². The van der Waals surface area contributed by atoms with Gasteiger partial charge in [-0.25, -0.2) is 4.79 Å².